The molecule has 3 amide bonds. The van der Waals surface area contributed by atoms with E-state index in [1.807, 2.05) is 0 Å². The second kappa shape index (κ2) is 13.2. The van der Waals surface area contributed by atoms with Gasteiger partial charge in [0.2, 0.25) is 11.8 Å². The highest BCUT2D eigenvalue weighted by molar-refractivity contribution is 5.92. The van der Waals surface area contributed by atoms with Gasteiger partial charge in [-0.05, 0) is 52.3 Å². The lowest BCUT2D eigenvalue weighted by atomic mass is 10.0. The zero-order valence-electron chi connectivity index (χ0n) is 20.4. The largest absolute Gasteiger partial charge is 0.508 e. The molecule has 2 atom stereocenters. The summed E-state index contributed by atoms with van der Waals surface area (Å²) < 4.78 is 10.1. The molecule has 0 saturated carbocycles. The van der Waals surface area contributed by atoms with Crippen molar-refractivity contribution in [2.45, 2.75) is 58.7 Å². The molecule has 0 aliphatic rings. The Morgan fingerprint density at radius 1 is 1.18 bits per heavy atom. The molecule has 0 aliphatic carbocycles. The van der Waals surface area contributed by atoms with Gasteiger partial charge in [-0.15, -0.1) is 6.58 Å². The number of nitrogens with one attached hydrogen (secondary N) is 2. The molecule has 0 aliphatic heterocycles. The summed E-state index contributed by atoms with van der Waals surface area (Å²) in [6.45, 7) is 12.2. The molecule has 10 nitrogen and oxygen atoms in total. The number of hydrogen-bond donors (Lipinski definition) is 3. The molecule has 0 heterocycles. The topological polar surface area (TPSA) is 134 Å². The van der Waals surface area contributed by atoms with E-state index in [0.29, 0.717) is 5.56 Å². The molecule has 0 radical (unpaired) electrons. The molecular weight excluding hydrogens is 442 g/mol. The number of carbonyl (C=O) groups excluding carboxylic acids is 4. The third-order valence-corrected chi connectivity index (χ3v) is 4.42. The van der Waals surface area contributed by atoms with Crippen LogP contribution in [0.2, 0.25) is 0 Å². The fourth-order valence-electron chi connectivity index (χ4n) is 3.00. The van der Waals surface area contributed by atoms with E-state index < -0.39 is 41.6 Å². The molecule has 1 aromatic carbocycles. The van der Waals surface area contributed by atoms with E-state index in [1.165, 1.54) is 42.2 Å². The van der Waals surface area contributed by atoms with Crippen molar-refractivity contribution in [3.63, 3.8) is 0 Å². The Balaban J connectivity index is 3.15. The van der Waals surface area contributed by atoms with Crippen LogP contribution in [0.1, 0.15) is 52.6 Å². The lowest BCUT2D eigenvalue weighted by Gasteiger charge is -2.33. The number of hydrogen-bond acceptors (Lipinski definition) is 7. The summed E-state index contributed by atoms with van der Waals surface area (Å²) in [5.41, 5.74) is -0.327. The molecule has 0 aromatic heterocycles. The number of ether oxygens (including phenoxy) is 2. The van der Waals surface area contributed by atoms with Crippen LogP contribution >= 0.6 is 0 Å². The summed E-state index contributed by atoms with van der Waals surface area (Å²) in [4.78, 5) is 51.5. The summed E-state index contributed by atoms with van der Waals surface area (Å²) in [7, 11) is 0. The van der Waals surface area contributed by atoms with Gasteiger partial charge in [-0.2, -0.15) is 0 Å². The van der Waals surface area contributed by atoms with Crippen LogP contribution in [0.3, 0.4) is 0 Å². The average molecular weight is 478 g/mol. The highest BCUT2D eigenvalue weighted by Crippen LogP contribution is 2.24. The van der Waals surface area contributed by atoms with Crippen molar-refractivity contribution in [1.82, 2.24) is 15.5 Å². The van der Waals surface area contributed by atoms with Crippen LogP contribution in [0, 0.1) is 0 Å². The van der Waals surface area contributed by atoms with Crippen LogP contribution in [0.25, 0.3) is 0 Å². The first-order valence-electron chi connectivity index (χ1n) is 11.0. The van der Waals surface area contributed by atoms with Crippen molar-refractivity contribution >= 4 is 23.9 Å². The number of amides is 3. The first-order valence-corrected chi connectivity index (χ1v) is 11.0. The summed E-state index contributed by atoms with van der Waals surface area (Å²) in [5.74, 6) is -1.57. The summed E-state index contributed by atoms with van der Waals surface area (Å²) in [6.07, 6.45) is 0.651. The Bertz CT molecular complexity index is 862. The van der Waals surface area contributed by atoms with Crippen LogP contribution in [0.4, 0.5) is 4.79 Å². The summed E-state index contributed by atoms with van der Waals surface area (Å²) in [5, 5.41) is 14.8. The number of carbonyl (C=O) groups is 4. The molecular formula is C24H35N3O7. The van der Waals surface area contributed by atoms with Crippen LogP contribution < -0.4 is 10.6 Å². The van der Waals surface area contributed by atoms with Gasteiger partial charge >= 0.3 is 12.1 Å². The molecule has 34 heavy (non-hydrogen) atoms. The number of phenols is 1. The van der Waals surface area contributed by atoms with E-state index in [-0.39, 0.29) is 31.9 Å². The van der Waals surface area contributed by atoms with Gasteiger partial charge in [0.05, 0.1) is 13.0 Å². The summed E-state index contributed by atoms with van der Waals surface area (Å²) >= 11 is 0. The van der Waals surface area contributed by atoms with E-state index in [2.05, 4.69) is 17.2 Å². The maximum atomic E-state index is 13.3. The highest BCUT2D eigenvalue weighted by Gasteiger charge is 2.34. The van der Waals surface area contributed by atoms with Crippen LogP contribution in [0.15, 0.2) is 36.9 Å². The van der Waals surface area contributed by atoms with E-state index in [9.17, 15) is 24.3 Å². The number of rotatable bonds is 11. The zero-order chi connectivity index (χ0) is 25.9. The van der Waals surface area contributed by atoms with Crippen molar-refractivity contribution in [3.05, 3.63) is 42.5 Å². The monoisotopic (exact) mass is 477 g/mol. The Kier molecular flexibility index (Phi) is 11.1. The van der Waals surface area contributed by atoms with Crippen LogP contribution in [0.5, 0.6) is 5.75 Å². The number of alkyl carbamates (subject to hydrolysis) is 1. The Labute approximate surface area is 200 Å². The predicted molar refractivity (Wildman–Crippen MR) is 126 cm³/mol. The maximum Gasteiger partial charge on any atom is 0.408 e. The van der Waals surface area contributed by atoms with E-state index in [4.69, 9.17) is 9.47 Å². The number of phenolic OH excluding ortho intramolecular Hbond substituents is 1. The van der Waals surface area contributed by atoms with E-state index >= 15 is 0 Å². The van der Waals surface area contributed by atoms with Crippen LogP contribution in [-0.4, -0.2) is 65.2 Å². The standard InChI is InChI=1S/C24H35N3O7/c1-7-15-27(22(31)16(3)26-23(32)34-24(4,5)6)20(17-9-11-18(28)12-10-17)21(30)25-14-13-19(29)33-8-2/h7,9-12,16,20,28H,1,8,13-15H2,2-6H3,(H,25,30)(H,26,32). The average Bonchev–Trinajstić information content (AvgIpc) is 2.73. The number of esters is 1. The second-order valence-corrected chi connectivity index (χ2v) is 8.49. The smallest absolute Gasteiger partial charge is 0.408 e. The highest BCUT2D eigenvalue weighted by atomic mass is 16.6. The number of aromatic hydroxyl groups is 1. The first kappa shape index (κ1) is 28.5. The maximum absolute atomic E-state index is 13.3. The van der Waals surface area contributed by atoms with Gasteiger partial charge in [-0.3, -0.25) is 14.4 Å². The second-order valence-electron chi connectivity index (χ2n) is 8.49. The van der Waals surface area contributed by atoms with Crippen molar-refractivity contribution < 1.29 is 33.8 Å². The van der Waals surface area contributed by atoms with Gasteiger partial charge in [-0.1, -0.05) is 18.2 Å². The molecule has 0 spiro atoms. The summed E-state index contributed by atoms with van der Waals surface area (Å²) in [6, 6.07) is 3.69. The minimum atomic E-state index is -1.11. The SMILES string of the molecule is C=CCN(C(=O)C(C)NC(=O)OC(C)(C)C)C(C(=O)NCCC(=O)OCC)c1ccc(O)cc1. The van der Waals surface area contributed by atoms with Crippen LogP contribution in [-0.2, 0) is 23.9 Å². The Morgan fingerprint density at radius 2 is 1.79 bits per heavy atom. The van der Waals surface area contributed by atoms with Gasteiger partial charge in [0.15, 0.2) is 0 Å². The molecule has 188 valence electrons. The molecule has 1 aromatic rings. The van der Waals surface area contributed by atoms with Crippen molar-refractivity contribution in [1.29, 1.82) is 0 Å². The third-order valence-electron chi connectivity index (χ3n) is 4.42. The zero-order valence-corrected chi connectivity index (χ0v) is 20.4. The number of benzene rings is 1. The van der Waals surface area contributed by atoms with E-state index in [0.717, 1.165) is 0 Å². The van der Waals surface area contributed by atoms with Crippen molar-refractivity contribution in [3.8, 4) is 5.75 Å². The molecule has 0 bridgehead atoms. The lowest BCUT2D eigenvalue weighted by molar-refractivity contribution is -0.144. The van der Waals surface area contributed by atoms with Crippen molar-refractivity contribution in [2.75, 3.05) is 19.7 Å². The van der Waals surface area contributed by atoms with Gasteiger partial charge in [-0.25, -0.2) is 4.79 Å². The van der Waals surface area contributed by atoms with Gasteiger partial charge < -0.3 is 30.1 Å². The quantitative estimate of drug-likeness (QED) is 0.329. The van der Waals surface area contributed by atoms with Gasteiger partial charge in [0, 0.05) is 13.1 Å². The normalized spacial score (nSPS) is 12.6. The molecule has 0 fully saturated rings. The molecule has 3 N–H and O–H groups in total. The third kappa shape index (κ3) is 9.51. The molecule has 2 unspecified atom stereocenters. The van der Waals surface area contributed by atoms with Gasteiger partial charge in [0.1, 0.15) is 23.4 Å². The minimum Gasteiger partial charge on any atom is -0.508 e. The van der Waals surface area contributed by atoms with E-state index in [1.54, 1.807) is 27.7 Å². The molecule has 10 heteroatoms. The fraction of sp³-hybridized carbons (Fsp3) is 0.500. The first-order chi connectivity index (χ1) is 15.9. The van der Waals surface area contributed by atoms with Gasteiger partial charge in [0.25, 0.3) is 0 Å². The molecule has 1 rings (SSSR count). The van der Waals surface area contributed by atoms with Crippen molar-refractivity contribution in [2.24, 2.45) is 0 Å². The number of nitrogens with zero attached hydrogens (tertiary/aromatic N) is 1. The molecule has 0 saturated heterocycles. The minimum absolute atomic E-state index is 0.00396. The Hall–Kier alpha value is -3.56. The predicted octanol–water partition coefficient (Wildman–Crippen LogP) is 2.43. The Morgan fingerprint density at radius 3 is 2.32 bits per heavy atom. The fourth-order valence-corrected chi connectivity index (χ4v) is 3.00. The lowest BCUT2D eigenvalue weighted by Crippen LogP contribution is -2.52.